The second-order valence-corrected chi connectivity index (χ2v) is 6.84. The van der Waals surface area contributed by atoms with Gasteiger partial charge in [0.25, 0.3) is 0 Å². The third kappa shape index (κ3) is 3.70. The molecule has 26 heavy (non-hydrogen) atoms. The predicted octanol–water partition coefficient (Wildman–Crippen LogP) is 2.98. The van der Waals surface area contributed by atoms with Crippen LogP contribution in [0.1, 0.15) is 39.0 Å². The van der Waals surface area contributed by atoms with E-state index in [0.717, 1.165) is 43.1 Å². The number of carbonyl (C=O) groups excluding carboxylic acids is 2. The van der Waals surface area contributed by atoms with E-state index in [1.54, 1.807) is 12.1 Å². The molecule has 0 saturated carbocycles. The van der Waals surface area contributed by atoms with Gasteiger partial charge in [-0.25, -0.2) is 4.39 Å². The first-order valence-electron chi connectivity index (χ1n) is 8.83. The summed E-state index contributed by atoms with van der Waals surface area (Å²) in [6.45, 7) is 8.60. The van der Waals surface area contributed by atoms with Gasteiger partial charge in [-0.15, -0.1) is 0 Å². The van der Waals surface area contributed by atoms with Crippen molar-refractivity contribution in [3.8, 4) is 0 Å². The van der Waals surface area contributed by atoms with Crippen molar-refractivity contribution in [2.45, 2.75) is 20.8 Å². The molecule has 3 rings (SSSR count). The summed E-state index contributed by atoms with van der Waals surface area (Å²) in [6.07, 6.45) is 0. The minimum atomic E-state index is -0.237. The molecule has 1 fully saturated rings. The number of nitrogens with zero attached hydrogens (tertiary/aromatic N) is 2. The Morgan fingerprint density at radius 2 is 1.69 bits per heavy atom. The molecule has 1 saturated heterocycles. The zero-order valence-electron chi connectivity index (χ0n) is 15.4. The van der Waals surface area contributed by atoms with Gasteiger partial charge in [-0.2, -0.15) is 0 Å². The fourth-order valence-electron chi connectivity index (χ4n) is 3.66. The lowest BCUT2D eigenvalue weighted by Gasteiger charge is -2.35. The largest absolute Gasteiger partial charge is 0.369 e. The van der Waals surface area contributed by atoms with Crippen LogP contribution in [0.3, 0.4) is 0 Å². The molecule has 138 valence electrons. The molecule has 0 spiro atoms. The van der Waals surface area contributed by atoms with Gasteiger partial charge < -0.3 is 9.88 Å². The van der Waals surface area contributed by atoms with Crippen LogP contribution in [-0.4, -0.2) is 54.2 Å². The van der Waals surface area contributed by atoms with E-state index in [1.807, 2.05) is 13.8 Å². The van der Waals surface area contributed by atoms with Crippen LogP contribution in [0.4, 0.5) is 10.1 Å². The number of halogens is 1. The smallest absolute Gasteiger partial charge is 0.193 e. The number of nitrogens with one attached hydrogen (secondary N) is 1. The number of hydrogen-bond donors (Lipinski definition) is 1. The molecule has 0 radical (unpaired) electrons. The fraction of sp³-hybridized carbons (Fsp3) is 0.400. The van der Waals surface area contributed by atoms with Crippen LogP contribution < -0.4 is 4.90 Å². The van der Waals surface area contributed by atoms with E-state index in [2.05, 4.69) is 14.8 Å². The highest BCUT2D eigenvalue weighted by atomic mass is 19.1. The summed E-state index contributed by atoms with van der Waals surface area (Å²) >= 11 is 0. The Labute approximate surface area is 152 Å². The standard InChI is InChI=1S/C20H24FN3O2/c1-13-19(15(3)25)14(2)22-20(13)18(26)12-23-8-10-24(11-9-23)17-6-4-16(21)5-7-17/h4-7,22H,8-12H2,1-3H3. The first-order valence-corrected chi connectivity index (χ1v) is 8.83. The Balaban J connectivity index is 1.61. The van der Waals surface area contributed by atoms with Crippen molar-refractivity contribution >= 4 is 17.3 Å². The van der Waals surface area contributed by atoms with E-state index in [0.29, 0.717) is 17.8 Å². The lowest BCUT2D eigenvalue weighted by Crippen LogP contribution is -2.48. The number of hydrogen-bond acceptors (Lipinski definition) is 4. The quantitative estimate of drug-likeness (QED) is 0.836. The summed E-state index contributed by atoms with van der Waals surface area (Å²) in [5, 5.41) is 0. The van der Waals surface area contributed by atoms with Crippen LogP contribution in [0.15, 0.2) is 24.3 Å². The number of Topliss-reactive ketones (excluding diaryl/α,β-unsaturated/α-hetero) is 2. The molecule has 0 unspecified atom stereocenters. The Morgan fingerprint density at radius 3 is 2.23 bits per heavy atom. The normalized spacial score (nSPS) is 15.3. The second-order valence-electron chi connectivity index (χ2n) is 6.84. The molecule has 2 aromatic rings. The molecule has 0 amide bonds. The Kier molecular flexibility index (Phi) is 5.23. The zero-order valence-corrected chi connectivity index (χ0v) is 15.4. The van der Waals surface area contributed by atoms with Gasteiger partial charge in [-0.1, -0.05) is 0 Å². The predicted molar refractivity (Wildman–Crippen MR) is 99.7 cm³/mol. The van der Waals surface area contributed by atoms with E-state index in [1.165, 1.54) is 19.1 Å². The Morgan fingerprint density at radius 1 is 1.08 bits per heavy atom. The molecular formula is C20H24FN3O2. The topological polar surface area (TPSA) is 56.4 Å². The zero-order chi connectivity index (χ0) is 18.8. The SMILES string of the molecule is CC(=O)c1c(C)[nH]c(C(=O)CN2CCN(c3ccc(F)cc3)CC2)c1C. The number of benzene rings is 1. The number of carbonyl (C=O) groups is 2. The highest BCUT2D eigenvalue weighted by molar-refractivity contribution is 6.03. The van der Waals surface area contributed by atoms with Crippen LogP contribution in [0.2, 0.25) is 0 Å². The molecule has 0 aliphatic carbocycles. The van der Waals surface area contributed by atoms with Gasteiger partial charge in [-0.3, -0.25) is 14.5 Å². The number of aromatic amines is 1. The lowest BCUT2D eigenvalue weighted by molar-refractivity contribution is 0.0921. The summed E-state index contributed by atoms with van der Waals surface area (Å²) in [4.78, 5) is 31.8. The van der Waals surface area contributed by atoms with E-state index in [9.17, 15) is 14.0 Å². The maximum Gasteiger partial charge on any atom is 0.193 e. The van der Waals surface area contributed by atoms with Crippen molar-refractivity contribution in [2.75, 3.05) is 37.6 Å². The minimum absolute atomic E-state index is 0.00771. The summed E-state index contributed by atoms with van der Waals surface area (Å²) in [6, 6.07) is 6.50. The number of rotatable bonds is 5. The van der Waals surface area contributed by atoms with Gasteiger partial charge in [0.15, 0.2) is 11.6 Å². The molecule has 5 nitrogen and oxygen atoms in total. The summed E-state index contributed by atoms with van der Waals surface area (Å²) in [7, 11) is 0. The summed E-state index contributed by atoms with van der Waals surface area (Å²) in [5.74, 6) is -0.254. The molecule has 0 atom stereocenters. The monoisotopic (exact) mass is 357 g/mol. The Hall–Kier alpha value is -2.47. The van der Waals surface area contributed by atoms with Gasteiger partial charge in [0.2, 0.25) is 0 Å². The highest BCUT2D eigenvalue weighted by Crippen LogP contribution is 2.20. The van der Waals surface area contributed by atoms with Crippen molar-refractivity contribution in [1.29, 1.82) is 0 Å². The third-order valence-corrected chi connectivity index (χ3v) is 5.00. The molecule has 1 aliphatic heterocycles. The van der Waals surface area contributed by atoms with E-state index >= 15 is 0 Å². The number of anilines is 1. The van der Waals surface area contributed by atoms with Gasteiger partial charge >= 0.3 is 0 Å². The average Bonchev–Trinajstić information content (AvgIpc) is 2.91. The lowest BCUT2D eigenvalue weighted by atomic mass is 10.1. The molecule has 1 aliphatic rings. The van der Waals surface area contributed by atoms with Crippen molar-refractivity contribution in [3.63, 3.8) is 0 Å². The van der Waals surface area contributed by atoms with Crippen LogP contribution in [0, 0.1) is 19.7 Å². The molecule has 6 heteroatoms. The average molecular weight is 357 g/mol. The number of ketones is 2. The highest BCUT2D eigenvalue weighted by Gasteiger charge is 2.23. The number of aryl methyl sites for hydroxylation is 1. The minimum Gasteiger partial charge on any atom is -0.369 e. The maximum absolute atomic E-state index is 13.0. The molecule has 2 heterocycles. The van der Waals surface area contributed by atoms with Gasteiger partial charge in [0.05, 0.1) is 12.2 Å². The van der Waals surface area contributed by atoms with Gasteiger partial charge in [0.1, 0.15) is 5.82 Å². The van der Waals surface area contributed by atoms with E-state index in [-0.39, 0.29) is 17.4 Å². The van der Waals surface area contributed by atoms with E-state index in [4.69, 9.17) is 0 Å². The maximum atomic E-state index is 13.0. The molecule has 1 N–H and O–H groups in total. The van der Waals surface area contributed by atoms with Crippen molar-refractivity contribution in [1.82, 2.24) is 9.88 Å². The summed E-state index contributed by atoms with van der Waals surface area (Å²) < 4.78 is 13.0. The van der Waals surface area contributed by atoms with Gasteiger partial charge in [-0.05, 0) is 50.6 Å². The third-order valence-electron chi connectivity index (χ3n) is 5.00. The van der Waals surface area contributed by atoms with Gasteiger partial charge in [0, 0.05) is 43.1 Å². The van der Waals surface area contributed by atoms with Crippen molar-refractivity contribution in [3.05, 3.63) is 52.6 Å². The van der Waals surface area contributed by atoms with Crippen LogP contribution in [-0.2, 0) is 0 Å². The van der Waals surface area contributed by atoms with Crippen molar-refractivity contribution in [2.24, 2.45) is 0 Å². The fourth-order valence-corrected chi connectivity index (χ4v) is 3.66. The molecular weight excluding hydrogens is 333 g/mol. The van der Waals surface area contributed by atoms with Crippen LogP contribution >= 0.6 is 0 Å². The molecule has 1 aromatic carbocycles. The first kappa shape index (κ1) is 18.3. The number of H-pyrrole nitrogens is 1. The van der Waals surface area contributed by atoms with Crippen molar-refractivity contribution < 1.29 is 14.0 Å². The second kappa shape index (κ2) is 7.41. The summed E-state index contributed by atoms with van der Waals surface area (Å²) in [5.41, 5.74) is 3.65. The van der Waals surface area contributed by atoms with Crippen LogP contribution in [0.25, 0.3) is 0 Å². The molecule has 0 bridgehead atoms. The van der Waals surface area contributed by atoms with E-state index < -0.39 is 0 Å². The Bertz CT molecular complexity index is 818. The first-order chi connectivity index (χ1) is 12.4. The number of piperazine rings is 1. The van der Waals surface area contributed by atoms with Crippen LogP contribution in [0.5, 0.6) is 0 Å². The molecule has 1 aromatic heterocycles. The number of aromatic nitrogens is 1.